The third-order valence-electron chi connectivity index (χ3n) is 5.50. The number of hydrogen-bond donors (Lipinski definition) is 0. The summed E-state index contributed by atoms with van der Waals surface area (Å²) in [6.07, 6.45) is 0. The molecule has 0 N–H and O–H groups in total. The van der Waals surface area contributed by atoms with Gasteiger partial charge >= 0.3 is 0 Å². The van der Waals surface area contributed by atoms with E-state index in [0.29, 0.717) is 43.8 Å². The summed E-state index contributed by atoms with van der Waals surface area (Å²) >= 11 is 1.33. The fourth-order valence-corrected chi connectivity index (χ4v) is 4.50. The van der Waals surface area contributed by atoms with Gasteiger partial charge in [0.05, 0.1) is 24.5 Å². The molecule has 1 amide bonds. The minimum atomic E-state index is 0.0807. The minimum absolute atomic E-state index is 0.0807. The maximum atomic E-state index is 12.5. The van der Waals surface area contributed by atoms with E-state index >= 15 is 0 Å². The average molecular weight is 434 g/mol. The Morgan fingerprint density at radius 2 is 1.84 bits per heavy atom. The van der Waals surface area contributed by atoms with Crippen LogP contribution < -0.4 is 0 Å². The van der Waals surface area contributed by atoms with Crippen molar-refractivity contribution in [3.63, 3.8) is 0 Å². The van der Waals surface area contributed by atoms with Crippen LogP contribution in [0.5, 0.6) is 0 Å². The second-order valence-corrected chi connectivity index (χ2v) is 8.58. The van der Waals surface area contributed by atoms with Crippen molar-refractivity contribution in [3.8, 4) is 0 Å². The van der Waals surface area contributed by atoms with Crippen LogP contribution in [0.2, 0.25) is 0 Å². The number of amides is 1. The molecule has 0 spiro atoms. The number of fused-ring (bicyclic) bond motifs is 3. The van der Waals surface area contributed by atoms with Crippen molar-refractivity contribution >= 4 is 39.7 Å². The molecule has 3 heterocycles. The lowest BCUT2D eigenvalue weighted by Crippen LogP contribution is -2.41. The van der Waals surface area contributed by atoms with Crippen LogP contribution in [0, 0.1) is 6.92 Å². The first-order chi connectivity index (χ1) is 15.2. The first-order valence-corrected chi connectivity index (χ1v) is 11.3. The number of ether oxygens (including phenoxy) is 1. The third kappa shape index (κ3) is 4.13. The van der Waals surface area contributed by atoms with E-state index in [0.717, 1.165) is 22.1 Å². The normalized spacial score (nSPS) is 14.4. The summed E-state index contributed by atoms with van der Waals surface area (Å²) in [5.74, 6) is 0.378. The van der Waals surface area contributed by atoms with Crippen LogP contribution in [-0.2, 0) is 16.1 Å². The van der Waals surface area contributed by atoms with Crippen LogP contribution in [0.25, 0.3) is 22.1 Å². The van der Waals surface area contributed by atoms with Gasteiger partial charge in [-0.3, -0.25) is 4.79 Å². The molecule has 158 valence electrons. The number of morpholine rings is 1. The molecule has 7 nitrogen and oxygen atoms in total. The highest BCUT2D eigenvalue weighted by molar-refractivity contribution is 7.99. The largest absolute Gasteiger partial charge is 0.378 e. The second kappa shape index (κ2) is 8.64. The summed E-state index contributed by atoms with van der Waals surface area (Å²) in [4.78, 5) is 19.1. The number of carbonyl (C=O) groups excluding carboxylic acids is 1. The molecule has 1 saturated heterocycles. The van der Waals surface area contributed by atoms with Gasteiger partial charge in [-0.25, -0.2) is 4.98 Å². The molecule has 2 aromatic carbocycles. The van der Waals surface area contributed by atoms with Gasteiger partial charge in [0.2, 0.25) is 11.1 Å². The number of benzene rings is 2. The lowest BCUT2D eigenvalue weighted by atomic mass is 10.1. The van der Waals surface area contributed by atoms with Gasteiger partial charge in [-0.15, -0.1) is 10.2 Å². The molecular formula is C23H23N5O2S. The predicted molar refractivity (Wildman–Crippen MR) is 121 cm³/mol. The monoisotopic (exact) mass is 433 g/mol. The Hall–Kier alpha value is -2.97. The number of aryl methyl sites for hydroxylation is 1. The molecule has 2 aromatic heterocycles. The maximum Gasteiger partial charge on any atom is 0.233 e. The molecule has 1 fully saturated rings. The van der Waals surface area contributed by atoms with E-state index in [-0.39, 0.29) is 5.91 Å². The van der Waals surface area contributed by atoms with Gasteiger partial charge < -0.3 is 14.2 Å². The molecule has 5 rings (SSSR count). The lowest BCUT2D eigenvalue weighted by molar-refractivity contribution is -0.132. The summed E-state index contributed by atoms with van der Waals surface area (Å²) in [6, 6.07) is 16.7. The highest BCUT2D eigenvalue weighted by Crippen LogP contribution is 2.28. The van der Waals surface area contributed by atoms with E-state index in [4.69, 9.17) is 9.72 Å². The molecule has 4 aromatic rings. The van der Waals surface area contributed by atoms with Crippen LogP contribution in [0.15, 0.2) is 53.7 Å². The van der Waals surface area contributed by atoms with Crippen LogP contribution in [-0.4, -0.2) is 62.6 Å². The number of thioether (sulfide) groups is 1. The molecule has 0 radical (unpaired) electrons. The van der Waals surface area contributed by atoms with E-state index in [9.17, 15) is 4.79 Å². The Balaban J connectivity index is 1.46. The minimum Gasteiger partial charge on any atom is -0.378 e. The Kier molecular flexibility index (Phi) is 5.57. The zero-order valence-electron chi connectivity index (χ0n) is 17.3. The highest BCUT2D eigenvalue weighted by Gasteiger charge is 2.19. The number of rotatable bonds is 5. The molecule has 0 atom stereocenters. The topological polar surface area (TPSA) is 73.1 Å². The summed E-state index contributed by atoms with van der Waals surface area (Å²) < 4.78 is 7.50. The van der Waals surface area contributed by atoms with E-state index in [1.807, 2.05) is 17.0 Å². The number of carbonyl (C=O) groups is 1. The van der Waals surface area contributed by atoms with Gasteiger partial charge in [0, 0.05) is 25.0 Å². The molecule has 0 saturated carbocycles. The van der Waals surface area contributed by atoms with Crippen molar-refractivity contribution in [2.24, 2.45) is 0 Å². The molecule has 1 aliphatic rings. The van der Waals surface area contributed by atoms with E-state index in [1.54, 1.807) is 0 Å². The van der Waals surface area contributed by atoms with Gasteiger partial charge in [0.1, 0.15) is 5.52 Å². The zero-order valence-corrected chi connectivity index (χ0v) is 18.1. The van der Waals surface area contributed by atoms with E-state index in [2.05, 4.69) is 58.1 Å². The summed E-state index contributed by atoms with van der Waals surface area (Å²) in [6.45, 7) is 5.26. The van der Waals surface area contributed by atoms with E-state index in [1.165, 1.54) is 22.9 Å². The van der Waals surface area contributed by atoms with Crippen molar-refractivity contribution in [2.75, 3.05) is 32.1 Å². The van der Waals surface area contributed by atoms with Gasteiger partial charge in [0.15, 0.2) is 5.65 Å². The predicted octanol–water partition coefficient (Wildman–Crippen LogP) is 3.29. The molecule has 0 aliphatic carbocycles. The van der Waals surface area contributed by atoms with E-state index < -0.39 is 0 Å². The van der Waals surface area contributed by atoms with Crippen LogP contribution in [0.3, 0.4) is 0 Å². The average Bonchev–Trinajstić information content (AvgIpc) is 3.12. The number of para-hydroxylation sites is 1. The maximum absolute atomic E-state index is 12.5. The van der Waals surface area contributed by atoms with Crippen molar-refractivity contribution in [2.45, 2.75) is 18.6 Å². The molecule has 0 unspecified atom stereocenters. The van der Waals surface area contributed by atoms with Gasteiger partial charge in [-0.05, 0) is 18.6 Å². The second-order valence-electron chi connectivity index (χ2n) is 7.64. The Bertz CT molecular complexity index is 1230. The van der Waals surface area contributed by atoms with Crippen LogP contribution in [0.4, 0.5) is 0 Å². The Morgan fingerprint density at radius 3 is 2.65 bits per heavy atom. The van der Waals surface area contributed by atoms with Crippen molar-refractivity contribution in [1.82, 2.24) is 24.6 Å². The first-order valence-electron chi connectivity index (χ1n) is 10.3. The standard InChI is InChI=1S/C23H23N5O2S/c1-16-6-8-17(9-7-16)14-28-19-5-3-2-4-18(19)21-22(28)24-23(26-25-21)31-15-20(29)27-10-12-30-13-11-27/h2-9H,10-15H2,1H3. The Labute approximate surface area is 184 Å². The van der Waals surface area contributed by atoms with Crippen molar-refractivity contribution in [1.29, 1.82) is 0 Å². The van der Waals surface area contributed by atoms with Gasteiger partial charge in [0.25, 0.3) is 0 Å². The molecule has 31 heavy (non-hydrogen) atoms. The van der Waals surface area contributed by atoms with Crippen LogP contribution in [0.1, 0.15) is 11.1 Å². The zero-order chi connectivity index (χ0) is 21.2. The molecule has 8 heteroatoms. The summed E-state index contributed by atoms with van der Waals surface area (Å²) in [5, 5.41) is 10.3. The number of nitrogens with zero attached hydrogens (tertiary/aromatic N) is 5. The molecule has 0 bridgehead atoms. The van der Waals surface area contributed by atoms with Gasteiger partial charge in [-0.1, -0.05) is 59.8 Å². The fraction of sp³-hybridized carbons (Fsp3) is 0.304. The van der Waals surface area contributed by atoms with Crippen LogP contribution >= 0.6 is 11.8 Å². The smallest absolute Gasteiger partial charge is 0.233 e. The lowest BCUT2D eigenvalue weighted by Gasteiger charge is -2.26. The third-order valence-corrected chi connectivity index (χ3v) is 6.33. The molecular weight excluding hydrogens is 410 g/mol. The summed E-state index contributed by atoms with van der Waals surface area (Å²) in [7, 11) is 0. The number of hydrogen-bond acceptors (Lipinski definition) is 6. The highest BCUT2D eigenvalue weighted by atomic mass is 32.2. The van der Waals surface area contributed by atoms with Crippen molar-refractivity contribution in [3.05, 3.63) is 59.7 Å². The Morgan fingerprint density at radius 1 is 1.06 bits per heavy atom. The van der Waals surface area contributed by atoms with Crippen molar-refractivity contribution < 1.29 is 9.53 Å². The molecule has 1 aliphatic heterocycles. The quantitative estimate of drug-likeness (QED) is 0.450. The first kappa shape index (κ1) is 20.0. The number of aromatic nitrogens is 4. The summed E-state index contributed by atoms with van der Waals surface area (Å²) in [5.41, 5.74) is 5.08. The fourth-order valence-electron chi connectivity index (χ4n) is 3.82. The SMILES string of the molecule is Cc1ccc(Cn2c3ccccc3c3nnc(SCC(=O)N4CCOCC4)nc32)cc1. The van der Waals surface area contributed by atoms with Gasteiger partial charge in [-0.2, -0.15) is 0 Å².